The first-order valence-corrected chi connectivity index (χ1v) is 10.4. The molecule has 0 bridgehead atoms. The Morgan fingerprint density at radius 3 is 2.50 bits per heavy atom. The van der Waals surface area contributed by atoms with Gasteiger partial charge in [0.1, 0.15) is 11.9 Å². The number of nitrogens with one attached hydrogen (secondary N) is 1. The number of nitrogens with zero attached hydrogens (tertiary/aromatic N) is 3. The van der Waals surface area contributed by atoms with Gasteiger partial charge >= 0.3 is 6.18 Å². The SMILES string of the molecule is CC(C(=O)NCc1cc(C(F)(F)F)nn1N1CCCCC1)c1ccc(C(O)CO)c(F)c1. The first-order valence-electron chi connectivity index (χ1n) is 10.4. The number of aromatic nitrogens is 2. The normalized spacial score (nSPS) is 16.7. The molecule has 11 heteroatoms. The van der Waals surface area contributed by atoms with Gasteiger partial charge in [0, 0.05) is 18.7 Å². The van der Waals surface area contributed by atoms with Gasteiger partial charge in [-0.15, -0.1) is 5.10 Å². The molecule has 1 aromatic heterocycles. The fourth-order valence-electron chi connectivity index (χ4n) is 3.65. The molecule has 1 aromatic carbocycles. The predicted molar refractivity (Wildman–Crippen MR) is 108 cm³/mol. The highest BCUT2D eigenvalue weighted by atomic mass is 19.4. The number of hydrogen-bond acceptors (Lipinski definition) is 5. The molecule has 0 aliphatic carbocycles. The Bertz CT molecular complexity index is 942. The van der Waals surface area contributed by atoms with E-state index in [-0.39, 0.29) is 17.8 Å². The lowest BCUT2D eigenvalue weighted by Crippen LogP contribution is -2.42. The number of aliphatic hydroxyl groups is 2. The molecule has 7 nitrogen and oxygen atoms in total. The molecule has 1 amide bonds. The van der Waals surface area contributed by atoms with Crippen LogP contribution in [0, 0.1) is 5.82 Å². The fraction of sp³-hybridized carbons (Fsp3) is 0.524. The smallest absolute Gasteiger partial charge is 0.393 e. The van der Waals surface area contributed by atoms with E-state index in [4.69, 9.17) is 5.11 Å². The van der Waals surface area contributed by atoms with Crippen LogP contribution < -0.4 is 10.3 Å². The molecule has 3 rings (SSSR count). The average molecular weight is 458 g/mol. The van der Waals surface area contributed by atoms with E-state index in [0.29, 0.717) is 18.7 Å². The molecule has 1 aliphatic heterocycles. The lowest BCUT2D eigenvalue weighted by atomic mass is 9.97. The van der Waals surface area contributed by atoms with Crippen molar-refractivity contribution in [3.8, 4) is 0 Å². The number of carbonyl (C=O) groups excluding carboxylic acids is 1. The number of amides is 1. The summed E-state index contributed by atoms with van der Waals surface area (Å²) in [5.41, 5.74) is -0.587. The van der Waals surface area contributed by atoms with Gasteiger partial charge in [-0.25, -0.2) is 4.39 Å². The number of aliphatic hydroxyl groups excluding tert-OH is 2. The van der Waals surface area contributed by atoms with Gasteiger partial charge < -0.3 is 15.5 Å². The highest BCUT2D eigenvalue weighted by Gasteiger charge is 2.36. The third-order valence-electron chi connectivity index (χ3n) is 5.55. The van der Waals surface area contributed by atoms with Crippen molar-refractivity contribution in [3.63, 3.8) is 0 Å². The van der Waals surface area contributed by atoms with Gasteiger partial charge in [0.15, 0.2) is 5.69 Å². The number of alkyl halides is 3. The summed E-state index contributed by atoms with van der Waals surface area (Å²) in [5, 5.41) is 26.6. The zero-order valence-electron chi connectivity index (χ0n) is 17.6. The Balaban J connectivity index is 1.73. The van der Waals surface area contributed by atoms with Gasteiger partial charge in [-0.2, -0.15) is 18.0 Å². The van der Waals surface area contributed by atoms with Crippen LogP contribution in [0.2, 0.25) is 0 Å². The Hall–Kier alpha value is -2.66. The highest BCUT2D eigenvalue weighted by Crippen LogP contribution is 2.29. The number of carbonyl (C=O) groups is 1. The summed E-state index contributed by atoms with van der Waals surface area (Å²) in [6.07, 6.45) is -3.29. The summed E-state index contributed by atoms with van der Waals surface area (Å²) in [7, 11) is 0. The predicted octanol–water partition coefficient (Wildman–Crippen LogP) is 2.61. The topological polar surface area (TPSA) is 90.6 Å². The van der Waals surface area contributed by atoms with Crippen LogP contribution in [-0.2, 0) is 17.5 Å². The molecule has 2 aromatic rings. The minimum Gasteiger partial charge on any atom is -0.393 e. The van der Waals surface area contributed by atoms with Crippen molar-refractivity contribution in [2.75, 3.05) is 24.7 Å². The molecule has 2 unspecified atom stereocenters. The molecule has 0 radical (unpaired) electrons. The van der Waals surface area contributed by atoms with Crippen LogP contribution in [0.25, 0.3) is 0 Å². The Morgan fingerprint density at radius 1 is 1.22 bits per heavy atom. The van der Waals surface area contributed by atoms with Crippen molar-refractivity contribution in [1.29, 1.82) is 0 Å². The van der Waals surface area contributed by atoms with E-state index >= 15 is 0 Å². The second-order valence-electron chi connectivity index (χ2n) is 7.84. The van der Waals surface area contributed by atoms with E-state index in [0.717, 1.165) is 31.4 Å². The maximum Gasteiger partial charge on any atom is 0.435 e. The van der Waals surface area contributed by atoms with Crippen LogP contribution in [0.3, 0.4) is 0 Å². The minimum atomic E-state index is -4.61. The monoisotopic (exact) mass is 458 g/mol. The van der Waals surface area contributed by atoms with Crippen LogP contribution in [0.5, 0.6) is 0 Å². The molecule has 176 valence electrons. The molecular weight excluding hydrogens is 432 g/mol. The third-order valence-corrected chi connectivity index (χ3v) is 5.55. The van der Waals surface area contributed by atoms with E-state index in [1.165, 1.54) is 23.8 Å². The largest absolute Gasteiger partial charge is 0.435 e. The van der Waals surface area contributed by atoms with Gasteiger partial charge in [0.2, 0.25) is 5.91 Å². The summed E-state index contributed by atoms with van der Waals surface area (Å²) in [6, 6.07) is 4.76. The maximum atomic E-state index is 14.2. The number of halogens is 4. The van der Waals surface area contributed by atoms with Crippen molar-refractivity contribution in [1.82, 2.24) is 15.2 Å². The number of rotatable bonds is 7. The van der Waals surface area contributed by atoms with Gasteiger partial charge in [0.25, 0.3) is 0 Å². The molecule has 2 atom stereocenters. The molecule has 0 saturated carbocycles. The van der Waals surface area contributed by atoms with Crippen LogP contribution in [0.15, 0.2) is 24.3 Å². The van der Waals surface area contributed by atoms with Gasteiger partial charge in [-0.1, -0.05) is 12.1 Å². The molecule has 0 spiro atoms. The third kappa shape index (κ3) is 5.39. The number of hydrogen-bond donors (Lipinski definition) is 3. The highest BCUT2D eigenvalue weighted by molar-refractivity contribution is 5.83. The maximum absolute atomic E-state index is 14.2. The van der Waals surface area contributed by atoms with Crippen LogP contribution in [0.4, 0.5) is 17.6 Å². The average Bonchev–Trinajstić information content (AvgIpc) is 3.22. The summed E-state index contributed by atoms with van der Waals surface area (Å²) in [6.45, 7) is 1.86. The van der Waals surface area contributed by atoms with Crippen molar-refractivity contribution in [2.45, 2.75) is 50.9 Å². The summed E-state index contributed by atoms with van der Waals surface area (Å²) >= 11 is 0. The van der Waals surface area contributed by atoms with E-state index in [1.54, 1.807) is 5.01 Å². The van der Waals surface area contributed by atoms with E-state index in [1.807, 2.05) is 0 Å². The second kappa shape index (κ2) is 9.86. The van der Waals surface area contributed by atoms with Gasteiger partial charge in [0.05, 0.1) is 24.8 Å². The van der Waals surface area contributed by atoms with E-state index in [2.05, 4.69) is 10.4 Å². The van der Waals surface area contributed by atoms with Crippen molar-refractivity contribution < 1.29 is 32.6 Å². The Kier molecular flexibility index (Phi) is 7.40. The zero-order valence-corrected chi connectivity index (χ0v) is 17.6. The molecular formula is C21H26F4N4O3. The molecule has 2 heterocycles. The summed E-state index contributed by atoms with van der Waals surface area (Å²) in [4.78, 5) is 13.8. The van der Waals surface area contributed by atoms with E-state index in [9.17, 15) is 27.5 Å². The molecule has 1 aliphatic rings. The first kappa shape index (κ1) is 24.0. The summed E-state index contributed by atoms with van der Waals surface area (Å²) in [5.74, 6) is -2.06. The standard InChI is InChI=1S/C21H26F4N4O3/c1-13(14-5-6-16(17(22)9-14)18(31)12-30)20(32)26-11-15-10-19(21(23,24)25)27-29(15)28-7-3-2-4-8-28/h5-6,9-10,13,18,30-31H,2-4,7-8,11-12H2,1H3,(H,26,32). The van der Waals surface area contributed by atoms with Crippen molar-refractivity contribution in [3.05, 3.63) is 52.6 Å². The minimum absolute atomic E-state index is 0.0889. The Labute approximate surface area is 182 Å². The molecule has 3 N–H and O–H groups in total. The molecule has 1 saturated heterocycles. The first-order chi connectivity index (χ1) is 15.1. The van der Waals surface area contributed by atoms with Crippen LogP contribution in [-0.4, -0.2) is 45.7 Å². The van der Waals surface area contributed by atoms with E-state index < -0.39 is 42.2 Å². The molecule has 1 fully saturated rings. The lowest BCUT2D eigenvalue weighted by molar-refractivity contribution is -0.141. The number of benzene rings is 1. The van der Waals surface area contributed by atoms with Gasteiger partial charge in [-0.05, 0) is 43.9 Å². The van der Waals surface area contributed by atoms with Crippen LogP contribution in [0.1, 0.15) is 60.7 Å². The second-order valence-corrected chi connectivity index (χ2v) is 7.84. The van der Waals surface area contributed by atoms with Crippen LogP contribution >= 0.6 is 0 Å². The number of piperidine rings is 1. The summed E-state index contributed by atoms with van der Waals surface area (Å²) < 4.78 is 53.8. The van der Waals surface area contributed by atoms with Crippen molar-refractivity contribution in [2.24, 2.45) is 0 Å². The zero-order chi connectivity index (χ0) is 23.5. The van der Waals surface area contributed by atoms with Gasteiger partial charge in [-0.3, -0.25) is 9.80 Å². The molecule has 32 heavy (non-hydrogen) atoms. The Morgan fingerprint density at radius 2 is 1.91 bits per heavy atom. The van der Waals surface area contributed by atoms with Crippen molar-refractivity contribution >= 4 is 5.91 Å². The lowest BCUT2D eigenvalue weighted by Gasteiger charge is -2.30. The quantitative estimate of drug-likeness (QED) is 0.555. The fourth-order valence-corrected chi connectivity index (χ4v) is 3.65.